The van der Waals surface area contributed by atoms with Crippen molar-refractivity contribution >= 4 is 10.2 Å². The molecule has 6 heteroatoms. The van der Waals surface area contributed by atoms with Gasteiger partial charge in [0.25, 0.3) is 10.2 Å². The smallest absolute Gasteiger partial charge is 0.279 e. The first kappa shape index (κ1) is 15.2. The lowest BCUT2D eigenvalue weighted by Gasteiger charge is -2.34. The summed E-state index contributed by atoms with van der Waals surface area (Å²) >= 11 is 0. The summed E-state index contributed by atoms with van der Waals surface area (Å²) in [6, 6.07) is -0.0161. The predicted octanol–water partition coefficient (Wildman–Crippen LogP) is 1.21. The molecule has 0 radical (unpaired) electrons. The van der Waals surface area contributed by atoms with E-state index in [0.717, 1.165) is 32.1 Å². The number of hydrogen-bond acceptors (Lipinski definition) is 3. The first-order valence-corrected chi connectivity index (χ1v) is 9.04. The standard InChI is InChI=1S/C13H27N3O2S/c14-10-13-8-4-5-9-16(13)19(17,18)15-11-12-6-2-1-3-7-12/h12-13,15H,1-11,14H2. The van der Waals surface area contributed by atoms with Crippen LogP contribution < -0.4 is 10.5 Å². The van der Waals surface area contributed by atoms with Crippen LogP contribution in [0.3, 0.4) is 0 Å². The van der Waals surface area contributed by atoms with Gasteiger partial charge in [-0.05, 0) is 31.6 Å². The summed E-state index contributed by atoms with van der Waals surface area (Å²) in [5.74, 6) is 0.518. The zero-order chi connectivity index (χ0) is 13.7. The minimum Gasteiger partial charge on any atom is -0.329 e. The highest BCUT2D eigenvalue weighted by Gasteiger charge is 2.31. The zero-order valence-electron chi connectivity index (χ0n) is 11.7. The minimum atomic E-state index is -3.34. The molecular formula is C13H27N3O2S. The Balaban J connectivity index is 1.89. The molecule has 1 saturated carbocycles. The Bertz CT molecular complexity index is 366. The second-order valence-electron chi connectivity index (χ2n) is 5.85. The molecular weight excluding hydrogens is 262 g/mol. The molecule has 1 atom stereocenters. The van der Waals surface area contributed by atoms with Crippen molar-refractivity contribution in [1.29, 1.82) is 0 Å². The van der Waals surface area contributed by atoms with Crippen molar-refractivity contribution in [2.75, 3.05) is 19.6 Å². The molecule has 0 spiro atoms. The fraction of sp³-hybridized carbons (Fsp3) is 1.00. The van der Waals surface area contributed by atoms with Crippen LogP contribution in [0.25, 0.3) is 0 Å². The summed E-state index contributed by atoms with van der Waals surface area (Å²) in [5.41, 5.74) is 5.70. The average molecular weight is 289 g/mol. The number of nitrogens with two attached hydrogens (primary N) is 1. The molecule has 2 aliphatic rings. The van der Waals surface area contributed by atoms with Gasteiger partial charge in [-0.15, -0.1) is 0 Å². The van der Waals surface area contributed by atoms with Gasteiger partial charge in [-0.25, -0.2) is 4.72 Å². The van der Waals surface area contributed by atoms with Gasteiger partial charge in [0.1, 0.15) is 0 Å². The highest BCUT2D eigenvalue weighted by atomic mass is 32.2. The van der Waals surface area contributed by atoms with Gasteiger partial charge in [-0.2, -0.15) is 12.7 Å². The van der Waals surface area contributed by atoms with Crippen LogP contribution in [-0.4, -0.2) is 38.4 Å². The lowest BCUT2D eigenvalue weighted by atomic mass is 9.90. The molecule has 0 bridgehead atoms. The summed E-state index contributed by atoms with van der Waals surface area (Å²) in [7, 11) is -3.34. The van der Waals surface area contributed by atoms with Crippen molar-refractivity contribution in [1.82, 2.24) is 9.03 Å². The van der Waals surface area contributed by atoms with Crippen LogP contribution >= 0.6 is 0 Å². The minimum absolute atomic E-state index is 0.0161. The molecule has 0 aromatic rings. The molecule has 2 fully saturated rings. The number of piperidine rings is 1. The summed E-state index contributed by atoms with van der Waals surface area (Å²) < 4.78 is 29.1. The molecule has 3 N–H and O–H groups in total. The van der Waals surface area contributed by atoms with E-state index >= 15 is 0 Å². The van der Waals surface area contributed by atoms with E-state index in [0.29, 0.717) is 25.6 Å². The second-order valence-corrected chi connectivity index (χ2v) is 7.56. The second kappa shape index (κ2) is 7.02. The van der Waals surface area contributed by atoms with Gasteiger partial charge in [0.05, 0.1) is 0 Å². The third kappa shape index (κ3) is 4.15. The number of rotatable bonds is 5. The molecule has 1 heterocycles. The van der Waals surface area contributed by atoms with Gasteiger partial charge >= 0.3 is 0 Å². The summed E-state index contributed by atoms with van der Waals surface area (Å²) in [6.45, 7) is 1.63. The molecule has 0 aromatic heterocycles. The molecule has 1 unspecified atom stereocenters. The SMILES string of the molecule is NCC1CCCCN1S(=O)(=O)NCC1CCCCC1. The highest BCUT2D eigenvalue weighted by molar-refractivity contribution is 7.87. The number of hydrogen-bond donors (Lipinski definition) is 2. The third-order valence-electron chi connectivity index (χ3n) is 4.43. The molecule has 0 aromatic carbocycles. The fourth-order valence-corrected chi connectivity index (χ4v) is 4.79. The van der Waals surface area contributed by atoms with Gasteiger partial charge in [-0.1, -0.05) is 25.7 Å². The lowest BCUT2D eigenvalue weighted by molar-refractivity contribution is 0.252. The molecule has 1 saturated heterocycles. The average Bonchev–Trinajstić information content (AvgIpc) is 2.46. The number of nitrogens with one attached hydrogen (secondary N) is 1. The largest absolute Gasteiger partial charge is 0.329 e. The van der Waals surface area contributed by atoms with Crippen LogP contribution in [0.5, 0.6) is 0 Å². The van der Waals surface area contributed by atoms with Gasteiger partial charge in [-0.3, -0.25) is 0 Å². The van der Waals surface area contributed by atoms with Crippen molar-refractivity contribution in [3.05, 3.63) is 0 Å². The molecule has 2 rings (SSSR count). The predicted molar refractivity (Wildman–Crippen MR) is 76.9 cm³/mol. The maximum absolute atomic E-state index is 12.4. The number of nitrogens with zero attached hydrogens (tertiary/aromatic N) is 1. The van der Waals surface area contributed by atoms with Gasteiger partial charge < -0.3 is 5.73 Å². The van der Waals surface area contributed by atoms with E-state index < -0.39 is 10.2 Å². The van der Waals surface area contributed by atoms with Crippen molar-refractivity contribution in [3.8, 4) is 0 Å². The Hall–Kier alpha value is -0.170. The van der Waals surface area contributed by atoms with Crippen LogP contribution in [0.2, 0.25) is 0 Å². The molecule has 1 aliphatic heterocycles. The normalized spacial score (nSPS) is 27.5. The van der Waals surface area contributed by atoms with Crippen molar-refractivity contribution < 1.29 is 8.42 Å². The van der Waals surface area contributed by atoms with Crippen LogP contribution in [0.15, 0.2) is 0 Å². The summed E-state index contributed by atoms with van der Waals surface area (Å²) in [4.78, 5) is 0. The van der Waals surface area contributed by atoms with Crippen molar-refractivity contribution in [3.63, 3.8) is 0 Å². The van der Waals surface area contributed by atoms with Crippen LogP contribution in [0, 0.1) is 5.92 Å². The van der Waals surface area contributed by atoms with E-state index in [9.17, 15) is 8.42 Å². The topological polar surface area (TPSA) is 75.4 Å². The van der Waals surface area contributed by atoms with Gasteiger partial charge in [0, 0.05) is 25.7 Å². The maximum Gasteiger partial charge on any atom is 0.279 e. The van der Waals surface area contributed by atoms with E-state index in [2.05, 4.69) is 4.72 Å². The van der Waals surface area contributed by atoms with Gasteiger partial charge in [0.2, 0.25) is 0 Å². The van der Waals surface area contributed by atoms with Crippen molar-refractivity contribution in [2.45, 2.75) is 57.4 Å². The van der Waals surface area contributed by atoms with Gasteiger partial charge in [0.15, 0.2) is 0 Å². The van der Waals surface area contributed by atoms with E-state index in [1.54, 1.807) is 4.31 Å². The van der Waals surface area contributed by atoms with E-state index in [4.69, 9.17) is 5.73 Å². The van der Waals surface area contributed by atoms with Crippen molar-refractivity contribution in [2.24, 2.45) is 11.7 Å². The van der Waals surface area contributed by atoms with Crippen LogP contribution in [0.1, 0.15) is 51.4 Å². The van der Waals surface area contributed by atoms with E-state index in [1.807, 2.05) is 0 Å². The first-order chi connectivity index (χ1) is 9.13. The van der Waals surface area contributed by atoms with Crippen LogP contribution in [0.4, 0.5) is 0 Å². The molecule has 112 valence electrons. The lowest BCUT2D eigenvalue weighted by Crippen LogP contribution is -2.52. The maximum atomic E-state index is 12.4. The quantitative estimate of drug-likeness (QED) is 0.799. The Labute approximate surface area is 117 Å². The van der Waals surface area contributed by atoms with E-state index in [1.165, 1.54) is 19.3 Å². The summed E-state index contributed by atoms with van der Waals surface area (Å²) in [6.07, 6.45) is 9.00. The Kier molecular flexibility index (Phi) is 5.62. The van der Waals surface area contributed by atoms with Crippen LogP contribution in [-0.2, 0) is 10.2 Å². The molecule has 0 amide bonds. The molecule has 1 aliphatic carbocycles. The summed E-state index contributed by atoms with van der Waals surface area (Å²) in [5, 5.41) is 0. The van der Waals surface area contributed by atoms with E-state index in [-0.39, 0.29) is 6.04 Å². The monoisotopic (exact) mass is 289 g/mol. The first-order valence-electron chi connectivity index (χ1n) is 7.60. The zero-order valence-corrected chi connectivity index (χ0v) is 12.5. The molecule has 5 nitrogen and oxygen atoms in total. The Morgan fingerprint density at radius 3 is 2.42 bits per heavy atom. The third-order valence-corrected chi connectivity index (χ3v) is 6.06. The Morgan fingerprint density at radius 1 is 1.05 bits per heavy atom. The highest BCUT2D eigenvalue weighted by Crippen LogP contribution is 2.24. The Morgan fingerprint density at radius 2 is 1.74 bits per heavy atom. The molecule has 19 heavy (non-hydrogen) atoms. The fourth-order valence-electron chi connectivity index (χ4n) is 3.22.